The molecule has 0 spiro atoms. The number of halogens is 1. The maximum Gasteiger partial charge on any atom is 0.241 e. The third-order valence-corrected chi connectivity index (χ3v) is 3.40. The van der Waals surface area contributed by atoms with Crippen LogP contribution in [0.25, 0.3) is 0 Å². The molecule has 7 nitrogen and oxygen atoms in total. The van der Waals surface area contributed by atoms with Gasteiger partial charge in [-0.2, -0.15) is 0 Å². The Morgan fingerprint density at radius 1 is 1.44 bits per heavy atom. The monoisotopic (exact) mass is 363 g/mol. The Morgan fingerprint density at radius 2 is 2.16 bits per heavy atom. The van der Waals surface area contributed by atoms with Crippen molar-refractivity contribution in [1.82, 2.24) is 10.3 Å². The highest BCUT2D eigenvalue weighted by atomic mass is 35.5. The fourth-order valence-electron chi connectivity index (χ4n) is 2.09. The molecule has 1 aliphatic rings. The van der Waals surface area contributed by atoms with E-state index in [1.807, 2.05) is 20.8 Å². The van der Waals surface area contributed by atoms with Crippen LogP contribution in [0.2, 0.25) is 5.02 Å². The summed E-state index contributed by atoms with van der Waals surface area (Å²) in [4.78, 5) is 37.7. The summed E-state index contributed by atoms with van der Waals surface area (Å²) in [6.07, 6.45) is 3.50. The fourth-order valence-corrected chi connectivity index (χ4v) is 2.25. The van der Waals surface area contributed by atoms with Crippen LogP contribution in [-0.2, 0) is 9.59 Å². The van der Waals surface area contributed by atoms with Crippen molar-refractivity contribution in [2.75, 3.05) is 5.32 Å². The van der Waals surface area contributed by atoms with E-state index in [4.69, 9.17) is 16.0 Å². The number of amides is 2. The first-order valence-corrected chi connectivity index (χ1v) is 7.86. The zero-order valence-corrected chi connectivity index (χ0v) is 14.8. The van der Waals surface area contributed by atoms with Gasteiger partial charge in [0, 0.05) is 11.7 Å². The van der Waals surface area contributed by atoms with Gasteiger partial charge in [-0.25, -0.2) is 0 Å². The Kier molecular flexibility index (Phi) is 5.58. The first kappa shape index (κ1) is 18.7. The predicted molar refractivity (Wildman–Crippen MR) is 92.6 cm³/mol. The Balaban J connectivity index is 0.000000277. The number of Topliss-reactive ketones (excluding diaryl/α,β-unsaturated/α-hetero) is 1. The van der Waals surface area contributed by atoms with Gasteiger partial charge in [0.15, 0.2) is 5.76 Å². The van der Waals surface area contributed by atoms with Gasteiger partial charge in [0.2, 0.25) is 18.1 Å². The highest BCUT2D eigenvalue weighted by Gasteiger charge is 2.39. The van der Waals surface area contributed by atoms with Crippen LogP contribution in [0.3, 0.4) is 0 Å². The van der Waals surface area contributed by atoms with Gasteiger partial charge in [-0.15, -0.1) is 0 Å². The smallest absolute Gasteiger partial charge is 0.241 e. The number of nitrogens with one attached hydrogen (secondary N) is 2. The minimum absolute atomic E-state index is 0.0677. The summed E-state index contributed by atoms with van der Waals surface area (Å²) in [7, 11) is 0. The Morgan fingerprint density at radius 3 is 2.68 bits per heavy atom. The van der Waals surface area contributed by atoms with Crippen LogP contribution in [0, 0.1) is 0 Å². The highest BCUT2D eigenvalue weighted by molar-refractivity contribution is 6.31. The summed E-state index contributed by atoms with van der Waals surface area (Å²) in [5, 5.41) is 5.59. The summed E-state index contributed by atoms with van der Waals surface area (Å²) in [6, 6.07) is 4.68. The molecule has 0 aromatic carbocycles. The quantitative estimate of drug-likeness (QED) is 0.496. The average molecular weight is 364 g/mol. The predicted octanol–water partition coefficient (Wildman–Crippen LogP) is 2.78. The van der Waals surface area contributed by atoms with Gasteiger partial charge in [-0.3, -0.25) is 19.4 Å². The molecule has 2 aromatic rings. The van der Waals surface area contributed by atoms with Gasteiger partial charge in [-0.1, -0.05) is 11.6 Å². The molecular weight excluding hydrogens is 346 g/mol. The Labute approximate surface area is 149 Å². The number of hydrogen-bond donors (Lipinski definition) is 2. The molecule has 2 N–H and O–H groups in total. The maximum atomic E-state index is 12.1. The van der Waals surface area contributed by atoms with E-state index in [1.165, 1.54) is 18.5 Å². The molecule has 2 amide bonds. The molecule has 1 atom stereocenters. The Bertz CT molecular complexity index is 782. The van der Waals surface area contributed by atoms with E-state index in [2.05, 4.69) is 15.6 Å². The van der Waals surface area contributed by atoms with Crippen molar-refractivity contribution in [1.29, 1.82) is 0 Å². The van der Waals surface area contributed by atoms with Gasteiger partial charge in [0.1, 0.15) is 5.92 Å². The molecule has 1 aliphatic heterocycles. The van der Waals surface area contributed by atoms with Gasteiger partial charge in [0.05, 0.1) is 22.7 Å². The second kappa shape index (κ2) is 7.48. The minimum atomic E-state index is -0.969. The molecule has 3 rings (SSSR count). The van der Waals surface area contributed by atoms with E-state index in [9.17, 15) is 14.4 Å². The SMILES string of the molecule is CC(C)(C)NC=O.O=C1Nc2cc(Cl)cnc2C1C(=O)c1ccco1. The molecular formula is C17H18ClN3O4. The van der Waals surface area contributed by atoms with Crippen LogP contribution < -0.4 is 10.6 Å². The third-order valence-electron chi connectivity index (χ3n) is 3.20. The maximum absolute atomic E-state index is 12.1. The van der Waals surface area contributed by atoms with Crippen molar-refractivity contribution in [2.45, 2.75) is 32.2 Å². The number of nitrogens with zero attached hydrogens (tertiary/aromatic N) is 1. The fraction of sp³-hybridized carbons (Fsp3) is 0.294. The van der Waals surface area contributed by atoms with Gasteiger partial charge < -0.3 is 15.1 Å². The molecule has 0 saturated carbocycles. The van der Waals surface area contributed by atoms with Gasteiger partial charge >= 0.3 is 0 Å². The summed E-state index contributed by atoms with van der Waals surface area (Å²) in [5.74, 6) is -1.66. The molecule has 25 heavy (non-hydrogen) atoms. The summed E-state index contributed by atoms with van der Waals surface area (Å²) >= 11 is 5.78. The van der Waals surface area contributed by atoms with Gasteiger partial charge in [0.25, 0.3) is 0 Å². The van der Waals surface area contributed by atoms with Crippen LogP contribution >= 0.6 is 11.6 Å². The van der Waals surface area contributed by atoms with Crippen molar-refractivity contribution in [3.63, 3.8) is 0 Å². The molecule has 0 radical (unpaired) electrons. The van der Waals surface area contributed by atoms with Crippen LogP contribution in [0.4, 0.5) is 5.69 Å². The van der Waals surface area contributed by atoms with E-state index >= 15 is 0 Å². The second-order valence-electron chi connectivity index (χ2n) is 6.36. The third kappa shape index (κ3) is 4.67. The molecule has 2 aromatic heterocycles. The first-order valence-electron chi connectivity index (χ1n) is 7.48. The van der Waals surface area contributed by atoms with Crippen molar-refractivity contribution in [3.8, 4) is 0 Å². The molecule has 1 unspecified atom stereocenters. The van der Waals surface area contributed by atoms with Crippen molar-refractivity contribution < 1.29 is 18.8 Å². The lowest BCUT2D eigenvalue weighted by Crippen LogP contribution is -2.34. The number of carbonyl (C=O) groups excluding carboxylic acids is 3. The van der Waals surface area contributed by atoms with Crippen molar-refractivity contribution in [3.05, 3.63) is 47.1 Å². The lowest BCUT2D eigenvalue weighted by atomic mass is 9.99. The number of pyridine rings is 1. The summed E-state index contributed by atoms with van der Waals surface area (Å²) < 4.78 is 5.01. The largest absolute Gasteiger partial charge is 0.461 e. The van der Waals surface area contributed by atoms with Crippen molar-refractivity contribution in [2.24, 2.45) is 0 Å². The normalized spacial score (nSPS) is 15.5. The Hall–Kier alpha value is -2.67. The van der Waals surface area contributed by atoms with Crippen LogP contribution in [-0.4, -0.2) is 28.6 Å². The van der Waals surface area contributed by atoms with Crippen LogP contribution in [0.5, 0.6) is 0 Å². The highest BCUT2D eigenvalue weighted by Crippen LogP contribution is 2.34. The summed E-state index contributed by atoms with van der Waals surface area (Å²) in [5.41, 5.74) is 0.782. The van der Waals surface area contributed by atoms with E-state index in [1.54, 1.807) is 12.1 Å². The standard InChI is InChI=1S/C12H7ClN2O3.C5H11NO/c13-6-4-7-10(14-5-6)9(12(17)15-7)11(16)8-2-1-3-18-8;1-5(2,3)6-4-7/h1-5,9H,(H,15,17);4H,1-3H3,(H,6,7). The van der Waals surface area contributed by atoms with E-state index in [-0.39, 0.29) is 11.3 Å². The zero-order chi connectivity index (χ0) is 18.6. The number of carbonyl (C=O) groups is 3. The van der Waals surface area contributed by atoms with Crippen LogP contribution in [0.1, 0.15) is 42.9 Å². The number of rotatable bonds is 3. The molecule has 3 heterocycles. The number of anilines is 1. The van der Waals surface area contributed by atoms with Crippen molar-refractivity contribution >= 4 is 35.4 Å². The molecule has 132 valence electrons. The average Bonchev–Trinajstić information content (AvgIpc) is 3.12. The first-order chi connectivity index (χ1) is 11.7. The lowest BCUT2D eigenvalue weighted by molar-refractivity contribution is -0.116. The van der Waals surface area contributed by atoms with E-state index < -0.39 is 17.6 Å². The summed E-state index contributed by atoms with van der Waals surface area (Å²) in [6.45, 7) is 5.80. The topological polar surface area (TPSA) is 101 Å². The molecule has 0 aliphatic carbocycles. The van der Waals surface area contributed by atoms with Gasteiger partial charge in [-0.05, 0) is 39.0 Å². The number of furan rings is 1. The molecule has 0 bridgehead atoms. The minimum Gasteiger partial charge on any atom is -0.461 e. The zero-order valence-electron chi connectivity index (χ0n) is 14.0. The number of hydrogen-bond acceptors (Lipinski definition) is 5. The van der Waals surface area contributed by atoms with E-state index in [0.29, 0.717) is 22.8 Å². The van der Waals surface area contributed by atoms with E-state index in [0.717, 1.165) is 0 Å². The van der Waals surface area contributed by atoms with Crippen LogP contribution in [0.15, 0.2) is 35.1 Å². The molecule has 0 fully saturated rings. The second-order valence-corrected chi connectivity index (χ2v) is 6.80. The number of aromatic nitrogens is 1. The number of ketones is 1. The molecule has 8 heteroatoms. The number of fused-ring (bicyclic) bond motifs is 1. The molecule has 0 saturated heterocycles. The lowest BCUT2D eigenvalue weighted by Gasteiger charge is -2.15.